The average molecular weight is 486 g/mol. The molecule has 0 radical (unpaired) electrons. The maximum Gasteiger partial charge on any atom is 0.460 e. The lowest BCUT2D eigenvalue weighted by Crippen LogP contribution is -2.50. The van der Waals surface area contributed by atoms with E-state index in [4.69, 9.17) is 4.74 Å². The number of hydrogen-bond acceptors (Lipinski definition) is 5. The summed E-state index contributed by atoms with van der Waals surface area (Å²) in [7, 11) is -4.62. The van der Waals surface area contributed by atoms with Crippen LogP contribution in [0, 0.1) is 0 Å². The molecular weight excluding hydrogens is 475 g/mol. The van der Waals surface area contributed by atoms with Gasteiger partial charge >= 0.3 is 24.0 Å². The fourth-order valence-corrected chi connectivity index (χ4v) is 3.15. The van der Waals surface area contributed by atoms with Crippen molar-refractivity contribution in [3.63, 3.8) is 0 Å². The summed E-state index contributed by atoms with van der Waals surface area (Å²) in [5.74, 6) is -14.2. The van der Waals surface area contributed by atoms with Crippen molar-refractivity contribution in [1.82, 2.24) is 0 Å². The van der Waals surface area contributed by atoms with Crippen molar-refractivity contribution in [1.29, 1.82) is 0 Å². The molecule has 0 fully saturated rings. The van der Waals surface area contributed by atoms with Crippen LogP contribution in [0.15, 0.2) is 57.8 Å². The van der Waals surface area contributed by atoms with Crippen LogP contribution in [0.4, 0.5) is 30.7 Å². The third-order valence-electron chi connectivity index (χ3n) is 3.83. The predicted molar refractivity (Wildman–Crippen MR) is 92.8 cm³/mol. The van der Waals surface area contributed by atoms with Gasteiger partial charge in [0.1, 0.15) is 5.75 Å². The lowest BCUT2D eigenvalue weighted by atomic mass is 10.0. The Hall–Kier alpha value is -3.16. The van der Waals surface area contributed by atoms with E-state index < -0.39 is 55.9 Å². The molecule has 0 amide bonds. The number of hydrogen-bond donors (Lipinski definition) is 0. The van der Waals surface area contributed by atoms with Crippen LogP contribution in [0.5, 0.6) is 5.75 Å². The predicted octanol–water partition coefficient (Wildman–Crippen LogP) is 3.40. The van der Waals surface area contributed by atoms with Gasteiger partial charge in [0.25, 0.3) is 10.0 Å². The zero-order valence-electron chi connectivity index (χ0n) is 15.7. The molecule has 0 aliphatic carbocycles. The van der Waals surface area contributed by atoms with Crippen LogP contribution in [-0.4, -0.2) is 32.4 Å². The largest absolute Gasteiger partial charge is 0.858 e. The standard InChI is InChI=1S/C18H12F7NO5S/c1-10(27)31-13-6-8-14(9-7-13)32(29,30)26-15(28)11-2-4-12(5-3-11)16(19,20)17(21,22)18(23,24)25/h2-9H,1H3,(H,26,28)/p-1. The maximum absolute atomic E-state index is 13.7. The maximum atomic E-state index is 13.7. The van der Waals surface area contributed by atoms with Gasteiger partial charge < -0.3 is 9.84 Å². The molecule has 14 heteroatoms. The highest BCUT2D eigenvalue weighted by atomic mass is 32.2. The van der Waals surface area contributed by atoms with E-state index in [1.54, 1.807) is 0 Å². The van der Waals surface area contributed by atoms with E-state index in [0.29, 0.717) is 12.1 Å². The minimum Gasteiger partial charge on any atom is -0.858 e. The number of alkyl halides is 7. The summed E-state index contributed by atoms with van der Waals surface area (Å²) in [5.41, 5.74) is -2.42. The summed E-state index contributed by atoms with van der Waals surface area (Å²) in [5, 5.41) is 12.0. The van der Waals surface area contributed by atoms with Crippen LogP contribution >= 0.6 is 0 Å². The van der Waals surface area contributed by atoms with Crippen molar-refractivity contribution in [2.45, 2.75) is 29.8 Å². The number of carbonyl (C=O) groups is 1. The van der Waals surface area contributed by atoms with Crippen LogP contribution in [-0.2, 0) is 20.7 Å². The molecule has 32 heavy (non-hydrogen) atoms. The number of carbonyl (C=O) groups excluding carboxylic acids is 1. The average Bonchev–Trinajstić information content (AvgIpc) is 2.66. The van der Waals surface area contributed by atoms with Crippen molar-refractivity contribution in [2.75, 3.05) is 0 Å². The summed E-state index contributed by atoms with van der Waals surface area (Å²) in [4.78, 5) is 10.3. The van der Waals surface area contributed by atoms with Crippen molar-refractivity contribution < 1.29 is 53.8 Å². The second-order valence-electron chi connectivity index (χ2n) is 6.16. The first-order chi connectivity index (χ1) is 14.5. The SMILES string of the molecule is CC(=O)Oc1ccc(S(=O)(=O)/N=C(\[O-])c2ccc(C(F)(F)C(F)(F)C(F)(F)F)cc2)cc1. The third kappa shape index (κ3) is 5.00. The van der Waals surface area contributed by atoms with Gasteiger partial charge in [0.2, 0.25) is 0 Å². The van der Waals surface area contributed by atoms with Crippen LogP contribution in [0.1, 0.15) is 18.1 Å². The van der Waals surface area contributed by atoms with Crippen LogP contribution < -0.4 is 9.84 Å². The number of nitrogens with zero attached hydrogens (tertiary/aromatic N) is 1. The smallest absolute Gasteiger partial charge is 0.460 e. The molecule has 0 atom stereocenters. The molecular formula is C18H11F7NO5S-. The molecule has 0 aromatic heterocycles. The molecule has 0 saturated heterocycles. The fourth-order valence-electron chi connectivity index (χ4n) is 2.24. The summed E-state index contributed by atoms with van der Waals surface area (Å²) < 4.78 is 122. The topological polar surface area (TPSA) is 95.9 Å². The second-order valence-corrected chi connectivity index (χ2v) is 7.76. The quantitative estimate of drug-likeness (QED) is 0.205. The molecule has 2 aromatic rings. The Labute approximate surface area is 176 Å². The van der Waals surface area contributed by atoms with Gasteiger partial charge in [0.15, 0.2) is 0 Å². The molecule has 0 bridgehead atoms. The van der Waals surface area contributed by atoms with Gasteiger partial charge in [-0.15, -0.1) is 0 Å². The molecule has 6 nitrogen and oxygen atoms in total. The molecule has 0 N–H and O–H groups in total. The molecule has 0 spiro atoms. The first kappa shape index (κ1) is 25.1. The number of esters is 1. The third-order valence-corrected chi connectivity index (χ3v) is 5.11. The van der Waals surface area contributed by atoms with Gasteiger partial charge in [-0.25, -0.2) is 0 Å². The number of benzene rings is 2. The lowest BCUT2D eigenvalue weighted by Gasteiger charge is -2.28. The van der Waals surface area contributed by atoms with E-state index in [2.05, 4.69) is 4.40 Å². The summed E-state index contributed by atoms with van der Waals surface area (Å²) in [6.07, 6.45) is -6.54. The lowest BCUT2D eigenvalue weighted by molar-refractivity contribution is -0.359. The Kier molecular flexibility index (Phi) is 6.60. The highest BCUT2D eigenvalue weighted by Crippen LogP contribution is 2.51. The molecule has 2 aromatic carbocycles. The second kappa shape index (κ2) is 8.41. The summed E-state index contributed by atoms with van der Waals surface area (Å²) in [6.45, 7) is 1.10. The van der Waals surface area contributed by atoms with Gasteiger partial charge in [-0.05, 0) is 29.8 Å². The van der Waals surface area contributed by atoms with E-state index in [0.717, 1.165) is 31.2 Å². The van der Waals surface area contributed by atoms with Crippen molar-refractivity contribution in [3.05, 3.63) is 59.7 Å². The van der Waals surface area contributed by atoms with Gasteiger partial charge in [0, 0.05) is 18.4 Å². The summed E-state index contributed by atoms with van der Waals surface area (Å²) in [6, 6.07) is 5.20. The summed E-state index contributed by atoms with van der Waals surface area (Å²) >= 11 is 0. The highest BCUT2D eigenvalue weighted by Gasteiger charge is 2.73. The Morgan fingerprint density at radius 1 is 0.906 bits per heavy atom. The Morgan fingerprint density at radius 2 is 1.41 bits per heavy atom. The zero-order chi connectivity index (χ0) is 24.5. The molecule has 0 aliphatic heterocycles. The fraction of sp³-hybridized carbons (Fsp3) is 0.222. The molecule has 174 valence electrons. The van der Waals surface area contributed by atoms with Gasteiger partial charge in [0.05, 0.1) is 4.90 Å². The first-order valence-electron chi connectivity index (χ1n) is 8.23. The van der Waals surface area contributed by atoms with Crippen molar-refractivity contribution in [2.24, 2.45) is 4.40 Å². The Bertz CT molecular complexity index is 1130. The first-order valence-corrected chi connectivity index (χ1v) is 9.67. The van der Waals surface area contributed by atoms with Gasteiger partial charge in [-0.2, -0.15) is 43.5 Å². The number of rotatable bonds is 6. The number of sulfonamides is 1. The van der Waals surface area contributed by atoms with Crippen molar-refractivity contribution >= 4 is 21.9 Å². The highest BCUT2D eigenvalue weighted by molar-refractivity contribution is 7.90. The van der Waals surface area contributed by atoms with Crippen LogP contribution in [0.2, 0.25) is 0 Å². The van der Waals surface area contributed by atoms with Gasteiger partial charge in [-0.3, -0.25) is 4.79 Å². The van der Waals surface area contributed by atoms with Crippen LogP contribution in [0.25, 0.3) is 0 Å². The van der Waals surface area contributed by atoms with Crippen molar-refractivity contribution in [3.8, 4) is 5.75 Å². The Morgan fingerprint density at radius 3 is 1.84 bits per heavy atom. The zero-order valence-corrected chi connectivity index (χ0v) is 16.5. The monoisotopic (exact) mass is 486 g/mol. The van der Waals surface area contributed by atoms with Crippen LogP contribution in [0.3, 0.4) is 0 Å². The number of halogens is 7. The molecule has 2 rings (SSSR count). The minimum atomic E-state index is -6.54. The van der Waals surface area contributed by atoms with E-state index in [-0.39, 0.29) is 17.9 Å². The van der Waals surface area contributed by atoms with Gasteiger partial charge in [-0.1, -0.05) is 24.3 Å². The number of ether oxygens (including phenoxy) is 1. The molecule has 0 heterocycles. The van der Waals surface area contributed by atoms with E-state index in [9.17, 15) is 49.1 Å². The molecule has 0 unspecified atom stereocenters. The minimum absolute atomic E-state index is 0.00467. The Balaban J connectivity index is 2.32. The normalized spacial score (nSPS) is 13.7. The van der Waals surface area contributed by atoms with E-state index in [1.165, 1.54) is 0 Å². The molecule has 0 saturated carbocycles. The molecule has 0 aliphatic rings. The van der Waals surface area contributed by atoms with E-state index in [1.807, 2.05) is 0 Å². The van der Waals surface area contributed by atoms with E-state index >= 15 is 0 Å².